The molecule has 1 aliphatic rings. The number of carbonyl (C=O) groups excluding carboxylic acids is 2. The minimum atomic E-state index is -0.380. The monoisotopic (exact) mass is 460 g/mol. The number of fused-ring (bicyclic) bond motifs is 1. The van der Waals surface area contributed by atoms with Gasteiger partial charge in [0, 0.05) is 43.1 Å². The third-order valence-corrected chi connectivity index (χ3v) is 6.22. The van der Waals surface area contributed by atoms with Gasteiger partial charge in [-0.3, -0.25) is 9.59 Å². The lowest BCUT2D eigenvalue weighted by Crippen LogP contribution is -2.47. The smallest absolute Gasteiger partial charge is 0.258 e. The van der Waals surface area contributed by atoms with Crippen LogP contribution in [0.4, 0.5) is 15.8 Å². The molecule has 2 atom stereocenters. The van der Waals surface area contributed by atoms with Crippen LogP contribution in [-0.4, -0.2) is 31.6 Å². The van der Waals surface area contributed by atoms with Crippen molar-refractivity contribution in [1.82, 2.24) is 0 Å². The van der Waals surface area contributed by atoms with Crippen LogP contribution >= 0.6 is 0 Å². The molecule has 0 radical (unpaired) electrons. The zero-order valence-electron chi connectivity index (χ0n) is 19.5. The first-order valence-corrected chi connectivity index (χ1v) is 11.6. The van der Waals surface area contributed by atoms with Gasteiger partial charge in [-0.2, -0.15) is 0 Å². The number of nitrogens with zero attached hydrogens (tertiary/aromatic N) is 2. The molecule has 176 valence electrons. The topological polar surface area (TPSA) is 49.9 Å². The highest BCUT2D eigenvalue weighted by molar-refractivity contribution is 6.07. The van der Waals surface area contributed by atoms with Crippen molar-refractivity contribution >= 4 is 23.2 Å². The molecule has 0 aliphatic carbocycles. The fourth-order valence-corrected chi connectivity index (χ4v) is 4.64. The number of para-hydroxylation sites is 2. The SMILES string of the molecule is COCCCC(=O)N(c1ccccc1)C1CC(C)N(C(=O)c2ccc(F)cc2)c2ccccc21. The molecule has 0 saturated heterocycles. The number of ether oxygens (including phenoxy) is 1. The summed E-state index contributed by atoms with van der Waals surface area (Å²) in [5, 5.41) is 0. The van der Waals surface area contributed by atoms with Crippen molar-refractivity contribution in [2.24, 2.45) is 0 Å². The summed E-state index contributed by atoms with van der Waals surface area (Å²) >= 11 is 0. The molecule has 2 unspecified atom stereocenters. The standard InChI is InChI=1S/C28H29FN2O3/c1-20-19-26(31(23-9-4-3-5-10-23)27(32)13-8-18-34-2)24-11-6-7-12-25(24)30(20)28(33)21-14-16-22(29)17-15-21/h3-7,9-12,14-17,20,26H,8,13,18-19H2,1-2H3. The van der Waals surface area contributed by atoms with Gasteiger partial charge in [-0.15, -0.1) is 0 Å². The van der Waals surface area contributed by atoms with Gasteiger partial charge in [-0.25, -0.2) is 4.39 Å². The van der Waals surface area contributed by atoms with Crippen molar-refractivity contribution in [2.75, 3.05) is 23.5 Å². The van der Waals surface area contributed by atoms with Crippen LogP contribution in [0.5, 0.6) is 0 Å². The Bertz CT molecular complexity index is 1130. The minimum Gasteiger partial charge on any atom is -0.385 e. The molecule has 4 rings (SSSR count). The van der Waals surface area contributed by atoms with Crippen molar-refractivity contribution in [3.63, 3.8) is 0 Å². The summed E-state index contributed by atoms with van der Waals surface area (Å²) in [6.07, 6.45) is 1.58. The van der Waals surface area contributed by atoms with E-state index < -0.39 is 0 Å². The van der Waals surface area contributed by atoms with Gasteiger partial charge < -0.3 is 14.5 Å². The Hall–Kier alpha value is -3.51. The van der Waals surface area contributed by atoms with E-state index in [0.29, 0.717) is 31.4 Å². The van der Waals surface area contributed by atoms with Crippen molar-refractivity contribution < 1.29 is 18.7 Å². The molecule has 6 heteroatoms. The first-order valence-electron chi connectivity index (χ1n) is 11.6. The molecule has 1 heterocycles. The van der Waals surface area contributed by atoms with Crippen LogP contribution in [0.1, 0.15) is 48.1 Å². The lowest BCUT2D eigenvalue weighted by atomic mass is 9.89. The van der Waals surface area contributed by atoms with E-state index in [9.17, 15) is 14.0 Å². The largest absolute Gasteiger partial charge is 0.385 e. The lowest BCUT2D eigenvalue weighted by Gasteiger charge is -2.43. The zero-order valence-corrected chi connectivity index (χ0v) is 19.5. The maximum absolute atomic E-state index is 13.5. The molecule has 3 aromatic carbocycles. The van der Waals surface area contributed by atoms with Crippen LogP contribution in [0.15, 0.2) is 78.9 Å². The van der Waals surface area contributed by atoms with Gasteiger partial charge in [0.1, 0.15) is 5.82 Å². The number of anilines is 2. The Labute approximate surface area is 199 Å². The van der Waals surface area contributed by atoms with Crippen LogP contribution < -0.4 is 9.80 Å². The first kappa shape index (κ1) is 23.6. The summed E-state index contributed by atoms with van der Waals surface area (Å²) < 4.78 is 18.6. The molecule has 0 spiro atoms. The highest BCUT2D eigenvalue weighted by Gasteiger charge is 2.38. The number of hydrogen-bond donors (Lipinski definition) is 0. The van der Waals surface area contributed by atoms with Crippen molar-refractivity contribution in [3.8, 4) is 0 Å². The Kier molecular flexibility index (Phi) is 7.38. The van der Waals surface area contributed by atoms with Gasteiger partial charge in [0.25, 0.3) is 5.91 Å². The van der Waals surface area contributed by atoms with E-state index in [0.717, 1.165) is 16.9 Å². The number of methoxy groups -OCH3 is 1. The molecule has 0 fully saturated rings. The molecule has 34 heavy (non-hydrogen) atoms. The van der Waals surface area contributed by atoms with Crippen molar-refractivity contribution in [3.05, 3.63) is 95.8 Å². The summed E-state index contributed by atoms with van der Waals surface area (Å²) in [6.45, 7) is 2.51. The van der Waals surface area contributed by atoms with Gasteiger partial charge in [-0.05, 0) is 67.8 Å². The maximum Gasteiger partial charge on any atom is 0.258 e. The number of benzene rings is 3. The zero-order chi connectivity index (χ0) is 24.1. The highest BCUT2D eigenvalue weighted by atomic mass is 19.1. The molecule has 0 aromatic heterocycles. The Morgan fingerprint density at radius 1 is 1.00 bits per heavy atom. The van der Waals surface area contributed by atoms with Crippen LogP contribution in [0.3, 0.4) is 0 Å². The summed E-state index contributed by atoms with van der Waals surface area (Å²) in [6, 6.07) is 22.6. The number of rotatable bonds is 7. The molecule has 1 aliphatic heterocycles. The van der Waals surface area contributed by atoms with Gasteiger partial charge in [0.15, 0.2) is 0 Å². The number of hydrogen-bond acceptors (Lipinski definition) is 3. The quantitative estimate of drug-likeness (QED) is 0.421. The second kappa shape index (κ2) is 10.6. The fourth-order valence-electron chi connectivity index (χ4n) is 4.64. The summed E-state index contributed by atoms with van der Waals surface area (Å²) in [5.41, 5.74) is 2.94. The van der Waals surface area contributed by atoms with Gasteiger partial charge in [0.05, 0.1) is 6.04 Å². The molecular formula is C28H29FN2O3. The molecule has 2 amide bonds. The second-order valence-electron chi connectivity index (χ2n) is 8.54. The summed E-state index contributed by atoms with van der Waals surface area (Å²) in [7, 11) is 1.63. The van der Waals surface area contributed by atoms with Crippen LogP contribution in [-0.2, 0) is 9.53 Å². The molecule has 0 bridgehead atoms. The summed E-state index contributed by atoms with van der Waals surface area (Å²) in [4.78, 5) is 30.5. The van der Waals surface area contributed by atoms with Crippen molar-refractivity contribution in [1.29, 1.82) is 0 Å². The van der Waals surface area contributed by atoms with E-state index in [2.05, 4.69) is 0 Å². The third kappa shape index (κ3) is 4.87. The number of amides is 2. The second-order valence-corrected chi connectivity index (χ2v) is 8.54. The predicted octanol–water partition coefficient (Wildman–Crippen LogP) is 5.77. The fraction of sp³-hybridized carbons (Fsp3) is 0.286. The molecule has 5 nitrogen and oxygen atoms in total. The molecule has 0 N–H and O–H groups in total. The molecule has 3 aromatic rings. The molecular weight excluding hydrogens is 431 g/mol. The average molecular weight is 461 g/mol. The predicted molar refractivity (Wildman–Crippen MR) is 132 cm³/mol. The van der Waals surface area contributed by atoms with Crippen LogP contribution in [0.25, 0.3) is 0 Å². The van der Waals surface area contributed by atoms with Crippen molar-refractivity contribution in [2.45, 2.75) is 38.3 Å². The van der Waals surface area contributed by atoms with Crippen LogP contribution in [0.2, 0.25) is 0 Å². The van der Waals surface area contributed by atoms with Crippen LogP contribution in [0, 0.1) is 5.82 Å². The minimum absolute atomic E-state index is 0.0218. The number of carbonyl (C=O) groups is 2. The Balaban J connectivity index is 1.73. The maximum atomic E-state index is 13.5. The van der Waals surface area contributed by atoms with E-state index in [1.807, 2.05) is 66.4 Å². The Morgan fingerprint density at radius 3 is 2.38 bits per heavy atom. The van der Waals surface area contributed by atoms with Gasteiger partial charge >= 0.3 is 0 Å². The van der Waals surface area contributed by atoms with Gasteiger partial charge in [-0.1, -0.05) is 36.4 Å². The third-order valence-electron chi connectivity index (χ3n) is 6.22. The number of halogens is 1. The van der Waals surface area contributed by atoms with E-state index in [-0.39, 0.29) is 29.7 Å². The van der Waals surface area contributed by atoms with E-state index in [1.54, 1.807) is 12.0 Å². The lowest BCUT2D eigenvalue weighted by molar-refractivity contribution is -0.119. The summed E-state index contributed by atoms with van der Waals surface area (Å²) in [5.74, 6) is -0.543. The highest BCUT2D eigenvalue weighted by Crippen LogP contribution is 2.43. The normalized spacial score (nSPS) is 17.2. The van der Waals surface area contributed by atoms with E-state index in [4.69, 9.17) is 4.74 Å². The van der Waals surface area contributed by atoms with E-state index in [1.165, 1.54) is 24.3 Å². The Morgan fingerprint density at radius 2 is 1.68 bits per heavy atom. The van der Waals surface area contributed by atoms with Gasteiger partial charge in [0.2, 0.25) is 5.91 Å². The average Bonchev–Trinajstić information content (AvgIpc) is 2.85. The first-order chi connectivity index (χ1) is 16.5. The van der Waals surface area contributed by atoms with E-state index >= 15 is 0 Å². The molecule has 0 saturated carbocycles.